The molecule has 0 bridgehead atoms. The van der Waals surface area contributed by atoms with Crippen LogP contribution in [0.15, 0.2) is 46.6 Å². The zero-order valence-electron chi connectivity index (χ0n) is 22.1. The van der Waals surface area contributed by atoms with Crippen molar-refractivity contribution in [2.24, 2.45) is 0 Å². The van der Waals surface area contributed by atoms with E-state index in [1.54, 1.807) is 6.92 Å². The van der Waals surface area contributed by atoms with Crippen LogP contribution in [-0.4, -0.2) is 29.7 Å². The largest absolute Gasteiger partial charge is 0.339 e. The molecule has 0 N–H and O–H groups in total. The van der Waals surface area contributed by atoms with Gasteiger partial charge in [-0.2, -0.15) is 0 Å². The zero-order chi connectivity index (χ0) is 24.4. The summed E-state index contributed by atoms with van der Waals surface area (Å²) in [7, 11) is 0. The molecule has 0 unspecified atom stereocenters. The summed E-state index contributed by atoms with van der Waals surface area (Å²) in [5, 5.41) is 0. The molecule has 0 saturated heterocycles. The van der Waals surface area contributed by atoms with Gasteiger partial charge in [0.05, 0.1) is 0 Å². The molecule has 0 rings (SSSR count). The molecule has 0 aliphatic carbocycles. The predicted octanol–water partition coefficient (Wildman–Crippen LogP) is 8.13. The molecule has 1 amide bonds. The normalized spacial score (nSPS) is 13.5. The molecule has 32 heavy (non-hydrogen) atoms. The molecular formula is C29H49NO2. The molecular weight excluding hydrogens is 394 g/mol. The number of hydrogen-bond donors (Lipinski definition) is 0. The van der Waals surface area contributed by atoms with E-state index < -0.39 is 0 Å². The second-order valence-corrected chi connectivity index (χ2v) is 9.19. The molecule has 0 saturated carbocycles. The molecule has 182 valence electrons. The maximum Gasteiger partial charge on any atom is 0.249 e. The standard InChI is InChI=1S/C29H49NO2/c1-8-22-30(23-9-2)29(32)27(6)20-12-18-25(4)16-10-14-24(3)15-11-17-26(5)19-13-21-28(7)31/h15-16,19-20H,8-14,17-18,21-23H2,1-7H3/b24-15+,25-16+,26-19+,27-20+. The van der Waals surface area contributed by atoms with Crippen molar-refractivity contribution in [1.29, 1.82) is 0 Å². The summed E-state index contributed by atoms with van der Waals surface area (Å²) >= 11 is 0. The van der Waals surface area contributed by atoms with E-state index in [4.69, 9.17) is 0 Å². The summed E-state index contributed by atoms with van der Waals surface area (Å²) in [6.45, 7) is 16.1. The number of carbonyl (C=O) groups excluding carboxylic acids is 2. The average molecular weight is 444 g/mol. The van der Waals surface area contributed by atoms with Gasteiger partial charge >= 0.3 is 0 Å². The summed E-state index contributed by atoms with van der Waals surface area (Å²) < 4.78 is 0. The van der Waals surface area contributed by atoms with Gasteiger partial charge in [-0.25, -0.2) is 0 Å². The minimum atomic E-state index is 0.194. The van der Waals surface area contributed by atoms with Gasteiger partial charge in [-0.1, -0.05) is 54.9 Å². The van der Waals surface area contributed by atoms with E-state index in [1.807, 2.05) is 11.8 Å². The maximum absolute atomic E-state index is 12.6. The SMILES string of the molecule is CCCN(CCC)C(=O)/C(C)=C/CC/C(C)=C/CC/C(C)=C/CC/C(C)=C/CCC(C)=O. The van der Waals surface area contributed by atoms with Crippen molar-refractivity contribution in [3.63, 3.8) is 0 Å². The summed E-state index contributed by atoms with van der Waals surface area (Å²) in [6, 6.07) is 0. The Hall–Kier alpha value is -1.90. The first kappa shape index (κ1) is 30.1. The van der Waals surface area contributed by atoms with Crippen molar-refractivity contribution in [3.8, 4) is 0 Å². The number of carbonyl (C=O) groups is 2. The van der Waals surface area contributed by atoms with Gasteiger partial charge in [-0.3, -0.25) is 4.79 Å². The number of nitrogens with zero attached hydrogens (tertiary/aromatic N) is 1. The van der Waals surface area contributed by atoms with Crippen molar-refractivity contribution < 1.29 is 9.59 Å². The lowest BCUT2D eigenvalue weighted by atomic mass is 10.0. The Morgan fingerprint density at radius 1 is 0.594 bits per heavy atom. The Kier molecular flexibility index (Phi) is 17.5. The number of hydrogen-bond acceptors (Lipinski definition) is 2. The lowest BCUT2D eigenvalue weighted by molar-refractivity contribution is -0.127. The first-order valence-electron chi connectivity index (χ1n) is 12.6. The van der Waals surface area contributed by atoms with E-state index in [9.17, 15) is 9.59 Å². The van der Waals surface area contributed by atoms with Crippen LogP contribution in [0.3, 0.4) is 0 Å². The molecule has 0 aromatic carbocycles. The molecule has 0 aliphatic rings. The Bertz CT molecular complexity index is 673. The van der Waals surface area contributed by atoms with Gasteiger partial charge in [0, 0.05) is 25.1 Å². The van der Waals surface area contributed by atoms with Crippen LogP contribution >= 0.6 is 0 Å². The smallest absolute Gasteiger partial charge is 0.249 e. The van der Waals surface area contributed by atoms with Crippen molar-refractivity contribution in [2.75, 3.05) is 13.1 Å². The zero-order valence-corrected chi connectivity index (χ0v) is 22.1. The van der Waals surface area contributed by atoms with Gasteiger partial charge in [-0.15, -0.1) is 0 Å². The summed E-state index contributed by atoms with van der Waals surface area (Å²) in [4.78, 5) is 25.6. The van der Waals surface area contributed by atoms with E-state index >= 15 is 0 Å². The van der Waals surface area contributed by atoms with Crippen molar-refractivity contribution in [3.05, 3.63) is 46.6 Å². The first-order chi connectivity index (χ1) is 15.2. The van der Waals surface area contributed by atoms with Crippen LogP contribution in [0.25, 0.3) is 0 Å². The first-order valence-corrected chi connectivity index (χ1v) is 12.6. The number of rotatable bonds is 17. The predicted molar refractivity (Wildman–Crippen MR) is 140 cm³/mol. The summed E-state index contributed by atoms with van der Waals surface area (Å²) in [6.07, 6.45) is 18.8. The highest BCUT2D eigenvalue weighted by Gasteiger charge is 2.12. The number of allylic oxidation sites excluding steroid dienone is 7. The number of Topliss-reactive ketones (excluding diaryl/α,β-unsaturated/α-hetero) is 1. The van der Waals surface area contributed by atoms with Crippen LogP contribution in [0.2, 0.25) is 0 Å². The van der Waals surface area contributed by atoms with Gasteiger partial charge in [0.25, 0.3) is 0 Å². The maximum atomic E-state index is 12.6. The number of ketones is 1. The third-order valence-electron chi connectivity index (χ3n) is 5.65. The Labute approximate surface area is 198 Å². The molecule has 0 spiro atoms. The van der Waals surface area contributed by atoms with E-state index in [0.29, 0.717) is 6.42 Å². The van der Waals surface area contributed by atoms with Gasteiger partial charge in [0.15, 0.2) is 0 Å². The lowest BCUT2D eigenvalue weighted by Gasteiger charge is -2.21. The third-order valence-corrected chi connectivity index (χ3v) is 5.65. The van der Waals surface area contributed by atoms with Crippen LogP contribution in [-0.2, 0) is 9.59 Å². The molecule has 3 nitrogen and oxygen atoms in total. The molecule has 0 aromatic rings. The second-order valence-electron chi connectivity index (χ2n) is 9.19. The molecule has 0 heterocycles. The highest BCUT2D eigenvalue weighted by atomic mass is 16.2. The van der Waals surface area contributed by atoms with Gasteiger partial charge < -0.3 is 9.69 Å². The number of amides is 1. The third kappa shape index (κ3) is 15.8. The molecule has 0 atom stereocenters. The highest BCUT2D eigenvalue weighted by molar-refractivity contribution is 5.92. The van der Waals surface area contributed by atoms with Crippen LogP contribution in [0.4, 0.5) is 0 Å². The lowest BCUT2D eigenvalue weighted by Crippen LogP contribution is -2.33. The summed E-state index contributed by atoms with van der Waals surface area (Å²) in [5.74, 6) is 0.457. The van der Waals surface area contributed by atoms with E-state index in [1.165, 1.54) is 16.7 Å². The van der Waals surface area contributed by atoms with Gasteiger partial charge in [-0.05, 0) is 92.4 Å². The summed E-state index contributed by atoms with van der Waals surface area (Å²) in [5.41, 5.74) is 5.10. The van der Waals surface area contributed by atoms with Crippen LogP contribution in [0.5, 0.6) is 0 Å². The van der Waals surface area contributed by atoms with Gasteiger partial charge in [0.2, 0.25) is 5.91 Å². The average Bonchev–Trinajstić information content (AvgIpc) is 2.72. The van der Waals surface area contributed by atoms with Gasteiger partial charge in [0.1, 0.15) is 5.78 Å². The topological polar surface area (TPSA) is 37.4 Å². The van der Waals surface area contributed by atoms with Crippen molar-refractivity contribution in [2.45, 2.75) is 113 Å². The van der Waals surface area contributed by atoms with E-state index in [2.05, 4.69) is 58.9 Å². The minimum absolute atomic E-state index is 0.194. The van der Waals surface area contributed by atoms with E-state index in [-0.39, 0.29) is 11.7 Å². The quantitative estimate of drug-likeness (QED) is 0.168. The molecule has 0 aromatic heterocycles. The van der Waals surface area contributed by atoms with E-state index in [0.717, 1.165) is 76.5 Å². The van der Waals surface area contributed by atoms with Crippen LogP contribution in [0.1, 0.15) is 113 Å². The molecule has 3 heteroatoms. The van der Waals surface area contributed by atoms with Crippen molar-refractivity contribution >= 4 is 11.7 Å². The fraction of sp³-hybridized carbons (Fsp3) is 0.655. The minimum Gasteiger partial charge on any atom is -0.339 e. The fourth-order valence-corrected chi connectivity index (χ4v) is 3.63. The Morgan fingerprint density at radius 3 is 1.34 bits per heavy atom. The van der Waals surface area contributed by atoms with Crippen molar-refractivity contribution in [1.82, 2.24) is 4.90 Å². The Morgan fingerprint density at radius 2 is 0.969 bits per heavy atom. The highest BCUT2D eigenvalue weighted by Crippen LogP contribution is 2.14. The molecule has 0 fully saturated rings. The fourth-order valence-electron chi connectivity index (χ4n) is 3.63. The Balaban J connectivity index is 4.32. The molecule has 0 aliphatic heterocycles. The van der Waals surface area contributed by atoms with Crippen LogP contribution in [0, 0.1) is 0 Å². The second kappa shape index (κ2) is 18.7. The van der Waals surface area contributed by atoms with Crippen LogP contribution < -0.4 is 0 Å². The molecule has 0 radical (unpaired) electrons. The monoisotopic (exact) mass is 443 g/mol.